The van der Waals surface area contributed by atoms with Gasteiger partial charge in [-0.3, -0.25) is 19.5 Å². The number of carboxylic acids is 1. The summed E-state index contributed by atoms with van der Waals surface area (Å²) < 4.78 is 50.8. The summed E-state index contributed by atoms with van der Waals surface area (Å²) in [5.41, 5.74) is -0.0136. The van der Waals surface area contributed by atoms with Gasteiger partial charge in [-0.2, -0.15) is 5.06 Å². The molecule has 2 fully saturated rings. The lowest BCUT2D eigenvalue weighted by Crippen LogP contribution is -2.46. The number of benzene rings is 1. The minimum absolute atomic E-state index is 0.0139. The highest BCUT2D eigenvalue weighted by Crippen LogP contribution is 2.42. The number of aromatic nitrogens is 1. The van der Waals surface area contributed by atoms with Crippen molar-refractivity contribution in [3.8, 4) is 0 Å². The van der Waals surface area contributed by atoms with Crippen molar-refractivity contribution in [2.24, 2.45) is 10.4 Å². The van der Waals surface area contributed by atoms with Crippen molar-refractivity contribution in [1.29, 1.82) is 0 Å². The maximum atomic E-state index is 15.5. The lowest BCUT2D eigenvalue weighted by atomic mass is 9.89. The van der Waals surface area contributed by atoms with Gasteiger partial charge in [-0.05, 0) is 44.4 Å². The quantitative estimate of drug-likeness (QED) is 0.413. The van der Waals surface area contributed by atoms with Gasteiger partial charge in [0.05, 0.1) is 37.3 Å². The van der Waals surface area contributed by atoms with Crippen molar-refractivity contribution < 1.29 is 37.4 Å². The molecular formula is C28H32F3N5O5S. The summed E-state index contributed by atoms with van der Waals surface area (Å²) in [6, 6.07) is 1.48. The van der Waals surface area contributed by atoms with E-state index in [1.807, 2.05) is 0 Å². The fourth-order valence-electron chi connectivity index (χ4n) is 5.56. The van der Waals surface area contributed by atoms with Crippen LogP contribution in [-0.4, -0.2) is 89.2 Å². The average molecular weight is 608 g/mol. The highest BCUT2D eigenvalue weighted by molar-refractivity contribution is 7.11. The molecule has 1 aromatic carbocycles. The van der Waals surface area contributed by atoms with Crippen LogP contribution in [0, 0.1) is 18.2 Å². The summed E-state index contributed by atoms with van der Waals surface area (Å²) >= 11 is 1.30. The molecule has 0 saturated carbocycles. The van der Waals surface area contributed by atoms with Crippen LogP contribution in [0.1, 0.15) is 42.4 Å². The van der Waals surface area contributed by atoms with Crippen molar-refractivity contribution in [2.75, 3.05) is 33.4 Å². The fourth-order valence-corrected chi connectivity index (χ4v) is 6.14. The van der Waals surface area contributed by atoms with Crippen LogP contribution in [0.15, 0.2) is 46.0 Å². The molecule has 3 aliphatic heterocycles. The van der Waals surface area contributed by atoms with Crippen LogP contribution in [0.25, 0.3) is 0 Å². The van der Waals surface area contributed by atoms with E-state index in [2.05, 4.69) is 10.3 Å². The Morgan fingerprint density at radius 1 is 1.33 bits per heavy atom. The van der Waals surface area contributed by atoms with Crippen LogP contribution in [0.4, 0.5) is 13.2 Å². The van der Waals surface area contributed by atoms with Crippen molar-refractivity contribution in [1.82, 2.24) is 20.3 Å². The number of methoxy groups -OCH3 is 1. The van der Waals surface area contributed by atoms with E-state index in [1.54, 1.807) is 29.5 Å². The predicted molar refractivity (Wildman–Crippen MR) is 147 cm³/mol. The number of aliphatic imine (C=N–C) groups is 1. The van der Waals surface area contributed by atoms with Gasteiger partial charge in [-0.25, -0.2) is 22.9 Å². The van der Waals surface area contributed by atoms with Gasteiger partial charge in [0.15, 0.2) is 10.8 Å². The highest BCUT2D eigenvalue weighted by Gasteiger charge is 2.61. The number of likely N-dealkylation sites (tertiary alicyclic amines) is 1. The van der Waals surface area contributed by atoms with Crippen LogP contribution < -0.4 is 5.32 Å². The maximum absolute atomic E-state index is 15.5. The monoisotopic (exact) mass is 607 g/mol. The second-order valence-corrected chi connectivity index (χ2v) is 12.1. The Balaban J connectivity index is 1.49. The van der Waals surface area contributed by atoms with Crippen LogP contribution in [0.5, 0.6) is 0 Å². The van der Waals surface area contributed by atoms with Gasteiger partial charge in [-0.15, -0.1) is 11.3 Å². The van der Waals surface area contributed by atoms with Gasteiger partial charge in [-0.1, -0.05) is 12.1 Å². The molecule has 2 aromatic rings. The zero-order valence-corrected chi connectivity index (χ0v) is 24.4. The molecule has 5 rings (SSSR count). The van der Waals surface area contributed by atoms with Crippen molar-refractivity contribution >= 4 is 29.1 Å². The lowest BCUT2D eigenvalue weighted by molar-refractivity contribution is -0.186. The van der Waals surface area contributed by atoms with E-state index in [0.29, 0.717) is 22.0 Å². The summed E-state index contributed by atoms with van der Waals surface area (Å²) in [6.07, 6.45) is 1.71. The first-order valence-corrected chi connectivity index (χ1v) is 14.3. The summed E-state index contributed by atoms with van der Waals surface area (Å²) in [4.78, 5) is 41.0. The number of carbonyl (C=O) groups is 2. The van der Waals surface area contributed by atoms with E-state index < -0.39 is 53.8 Å². The second kappa shape index (κ2) is 11.4. The molecule has 0 aliphatic carbocycles. The molecule has 4 heterocycles. The number of hydrogen-bond acceptors (Lipinski definition) is 10. The molecule has 1 aromatic heterocycles. The number of rotatable bonds is 9. The summed E-state index contributed by atoms with van der Waals surface area (Å²) in [6.45, 7) is 3.92. The number of thiazole rings is 1. The summed E-state index contributed by atoms with van der Waals surface area (Å²) in [7, 11) is 1.21. The SMILES string of the molecule is COC(=O)C1=C(CN2CC(F)(F)C3C2CON3CCC(C)(C)C(=O)O)NC(c2nccs2)=NC1c1cccc(F)c1C. The Kier molecular flexibility index (Phi) is 8.18. The second-order valence-electron chi connectivity index (χ2n) is 11.2. The van der Waals surface area contributed by atoms with Crippen molar-refractivity contribution in [3.63, 3.8) is 0 Å². The maximum Gasteiger partial charge on any atom is 0.338 e. The Morgan fingerprint density at radius 3 is 2.76 bits per heavy atom. The number of fused-ring (bicyclic) bond motifs is 1. The largest absolute Gasteiger partial charge is 0.481 e. The third kappa shape index (κ3) is 5.55. The number of nitrogens with one attached hydrogen (secondary N) is 1. The minimum atomic E-state index is -3.18. The van der Waals surface area contributed by atoms with Gasteiger partial charge < -0.3 is 15.2 Å². The third-order valence-electron chi connectivity index (χ3n) is 8.07. The van der Waals surface area contributed by atoms with E-state index in [9.17, 15) is 19.1 Å². The first kappa shape index (κ1) is 30.1. The molecule has 2 N–H and O–H groups in total. The first-order valence-electron chi connectivity index (χ1n) is 13.4. The molecule has 14 heteroatoms. The number of alkyl halides is 2. The zero-order chi connectivity index (χ0) is 30.4. The van der Waals surface area contributed by atoms with Gasteiger partial charge in [0.1, 0.15) is 17.9 Å². The van der Waals surface area contributed by atoms with Gasteiger partial charge in [0.2, 0.25) is 0 Å². The number of carbonyl (C=O) groups excluding carboxylic acids is 1. The Bertz CT molecular complexity index is 1430. The lowest BCUT2D eigenvalue weighted by Gasteiger charge is -2.31. The number of halogens is 3. The number of hydroxylamine groups is 2. The molecular weight excluding hydrogens is 575 g/mol. The smallest absolute Gasteiger partial charge is 0.338 e. The number of carboxylic acid groups (broad SMARTS) is 1. The Labute approximate surface area is 244 Å². The van der Waals surface area contributed by atoms with Gasteiger partial charge >= 0.3 is 11.9 Å². The standard InChI is InChI=1S/C28H32F3N5O5S/c1-15-16(6-5-7-17(15)29)21-20(25(37)40-4)18(33-23(34-21)24-32-9-11-42-24)12-35-14-28(30,31)22-19(35)13-41-36(22)10-8-27(2,3)26(38)39/h5-7,9,11,19,21-22H,8,10,12-14H2,1-4H3,(H,33,34)(H,38,39). The van der Waals surface area contributed by atoms with Gasteiger partial charge in [0.25, 0.3) is 5.92 Å². The van der Waals surface area contributed by atoms with E-state index in [-0.39, 0.29) is 37.4 Å². The number of esters is 1. The third-order valence-corrected chi connectivity index (χ3v) is 8.85. The number of hydrogen-bond donors (Lipinski definition) is 2. The highest BCUT2D eigenvalue weighted by atomic mass is 32.1. The normalized spacial score (nSPS) is 24.4. The predicted octanol–water partition coefficient (Wildman–Crippen LogP) is 3.55. The molecule has 0 amide bonds. The van der Waals surface area contributed by atoms with E-state index in [0.717, 1.165) is 0 Å². The summed E-state index contributed by atoms with van der Waals surface area (Å²) in [5.74, 6) is -5.08. The van der Waals surface area contributed by atoms with Crippen molar-refractivity contribution in [3.05, 3.63) is 63.0 Å². The van der Waals surface area contributed by atoms with Crippen LogP contribution in [0.3, 0.4) is 0 Å². The number of aliphatic carboxylic acids is 1. The van der Waals surface area contributed by atoms with Gasteiger partial charge in [0, 0.05) is 30.4 Å². The van der Waals surface area contributed by atoms with Crippen LogP contribution in [-0.2, 0) is 19.2 Å². The zero-order valence-electron chi connectivity index (χ0n) is 23.6. The molecule has 3 aliphatic rings. The average Bonchev–Trinajstić information content (AvgIpc) is 3.67. The van der Waals surface area contributed by atoms with E-state index in [1.165, 1.54) is 49.5 Å². The number of ether oxygens (including phenoxy) is 1. The Hall–Kier alpha value is -3.33. The molecule has 0 radical (unpaired) electrons. The number of amidine groups is 1. The summed E-state index contributed by atoms with van der Waals surface area (Å²) in [5, 5.41) is 16.0. The Morgan fingerprint density at radius 2 is 2.10 bits per heavy atom. The molecule has 0 spiro atoms. The number of nitrogens with zero attached hydrogens (tertiary/aromatic N) is 4. The first-order chi connectivity index (χ1) is 19.8. The van der Waals surface area contributed by atoms with E-state index >= 15 is 8.78 Å². The van der Waals surface area contributed by atoms with Crippen LogP contribution in [0.2, 0.25) is 0 Å². The van der Waals surface area contributed by atoms with E-state index in [4.69, 9.17) is 14.6 Å². The minimum Gasteiger partial charge on any atom is -0.481 e. The van der Waals surface area contributed by atoms with Crippen molar-refractivity contribution in [2.45, 2.75) is 51.2 Å². The molecule has 0 bridgehead atoms. The molecule has 3 unspecified atom stereocenters. The molecule has 42 heavy (non-hydrogen) atoms. The molecule has 3 atom stereocenters. The fraction of sp³-hybridized carbons (Fsp3) is 0.500. The molecule has 10 nitrogen and oxygen atoms in total. The molecule has 2 saturated heterocycles. The topological polar surface area (TPSA) is 117 Å². The van der Waals surface area contributed by atoms with Crippen LogP contribution >= 0.6 is 11.3 Å². The molecule has 226 valence electrons.